The third kappa shape index (κ3) is 3.70. The zero-order chi connectivity index (χ0) is 12.1. The smallest absolute Gasteiger partial charge is 0.123 e. The van der Waals surface area contributed by atoms with Crippen molar-refractivity contribution in [2.45, 2.75) is 19.3 Å². The van der Waals surface area contributed by atoms with Crippen LogP contribution in [0.15, 0.2) is 24.3 Å². The lowest BCUT2D eigenvalue weighted by Crippen LogP contribution is -2.26. The molecule has 94 valence electrons. The van der Waals surface area contributed by atoms with Crippen LogP contribution in [0.2, 0.25) is 0 Å². The van der Waals surface area contributed by atoms with E-state index in [9.17, 15) is 4.39 Å². The molecule has 1 aromatic rings. The molecule has 0 aliphatic carbocycles. The van der Waals surface area contributed by atoms with Crippen molar-refractivity contribution in [3.8, 4) is 0 Å². The van der Waals surface area contributed by atoms with Crippen molar-refractivity contribution in [2.24, 2.45) is 5.92 Å². The largest absolute Gasteiger partial charge is 0.374 e. The second kappa shape index (κ2) is 6.01. The van der Waals surface area contributed by atoms with E-state index >= 15 is 0 Å². The lowest BCUT2D eigenvalue weighted by atomic mass is 10.00. The maximum Gasteiger partial charge on any atom is 0.123 e. The van der Waals surface area contributed by atoms with Gasteiger partial charge in [-0.3, -0.25) is 0 Å². The Morgan fingerprint density at radius 3 is 2.76 bits per heavy atom. The summed E-state index contributed by atoms with van der Waals surface area (Å²) in [6, 6.07) is 6.76. The summed E-state index contributed by atoms with van der Waals surface area (Å²) < 4.78 is 12.8. The first-order valence-electron chi connectivity index (χ1n) is 6.43. The molecule has 3 heteroatoms. The van der Waals surface area contributed by atoms with Crippen LogP contribution in [0.25, 0.3) is 0 Å². The highest BCUT2D eigenvalue weighted by atomic mass is 19.1. The second-order valence-electron chi connectivity index (χ2n) is 4.90. The van der Waals surface area contributed by atoms with E-state index in [1.807, 2.05) is 12.1 Å². The van der Waals surface area contributed by atoms with Crippen molar-refractivity contribution < 1.29 is 4.39 Å². The van der Waals surface area contributed by atoms with E-state index in [-0.39, 0.29) is 5.82 Å². The van der Waals surface area contributed by atoms with E-state index in [0.29, 0.717) is 0 Å². The lowest BCUT2D eigenvalue weighted by molar-refractivity contribution is 0.474. The van der Waals surface area contributed by atoms with Gasteiger partial charge in [-0.15, -0.1) is 0 Å². The molecule has 1 aromatic carbocycles. The topological polar surface area (TPSA) is 15.3 Å². The monoisotopic (exact) mass is 236 g/mol. The molecule has 2 rings (SSSR count). The Kier molecular flexibility index (Phi) is 4.37. The fourth-order valence-corrected chi connectivity index (χ4v) is 2.46. The first-order chi connectivity index (χ1) is 8.25. The molecular weight excluding hydrogens is 215 g/mol. The highest BCUT2D eigenvalue weighted by Crippen LogP contribution is 2.19. The van der Waals surface area contributed by atoms with Gasteiger partial charge in [0.2, 0.25) is 0 Å². The third-order valence-electron chi connectivity index (χ3n) is 3.49. The van der Waals surface area contributed by atoms with Crippen molar-refractivity contribution in [3.63, 3.8) is 0 Å². The number of halogens is 1. The molecule has 0 spiro atoms. The van der Waals surface area contributed by atoms with Crippen LogP contribution >= 0.6 is 0 Å². The van der Waals surface area contributed by atoms with E-state index < -0.39 is 0 Å². The van der Waals surface area contributed by atoms with E-state index in [0.717, 1.165) is 31.2 Å². The molecule has 1 saturated heterocycles. The van der Waals surface area contributed by atoms with E-state index in [4.69, 9.17) is 0 Å². The molecule has 0 bridgehead atoms. The maximum absolute atomic E-state index is 12.8. The van der Waals surface area contributed by atoms with Crippen LogP contribution in [-0.4, -0.2) is 26.7 Å². The highest BCUT2D eigenvalue weighted by Gasteiger charge is 2.14. The summed E-state index contributed by atoms with van der Waals surface area (Å²) in [7, 11) is 2.09. The predicted molar refractivity (Wildman–Crippen MR) is 69.9 cm³/mol. The van der Waals surface area contributed by atoms with Gasteiger partial charge in [0.1, 0.15) is 5.82 Å². The molecule has 1 aliphatic rings. The molecule has 1 fully saturated rings. The summed E-state index contributed by atoms with van der Waals surface area (Å²) in [5, 5.41) is 3.43. The molecule has 1 N–H and O–H groups in total. The molecular formula is C14H21FN2. The van der Waals surface area contributed by atoms with E-state index in [1.165, 1.54) is 31.4 Å². The molecule has 1 atom stereocenters. The highest BCUT2D eigenvalue weighted by molar-refractivity contribution is 5.45. The number of benzene rings is 1. The molecule has 0 saturated carbocycles. The first-order valence-corrected chi connectivity index (χ1v) is 6.43. The average molecular weight is 236 g/mol. The normalized spacial score (nSPS) is 20.9. The Hall–Kier alpha value is -1.09. The van der Waals surface area contributed by atoms with Crippen LogP contribution in [0.4, 0.5) is 10.1 Å². The standard InChI is InChI=1S/C14H21FN2/c1-17(14-6-4-13(15)5-7-14)11-12-3-2-9-16-10-8-12/h4-7,12,16H,2-3,8-11H2,1H3. The van der Waals surface area contributed by atoms with Crippen LogP contribution in [0.5, 0.6) is 0 Å². The Balaban J connectivity index is 1.91. The number of anilines is 1. The summed E-state index contributed by atoms with van der Waals surface area (Å²) in [4.78, 5) is 2.23. The molecule has 0 aromatic heterocycles. The summed E-state index contributed by atoms with van der Waals surface area (Å²) in [6.07, 6.45) is 3.80. The minimum atomic E-state index is -0.166. The zero-order valence-electron chi connectivity index (χ0n) is 10.5. The van der Waals surface area contributed by atoms with E-state index in [1.54, 1.807) is 0 Å². The molecule has 1 unspecified atom stereocenters. The zero-order valence-corrected chi connectivity index (χ0v) is 10.5. The van der Waals surface area contributed by atoms with Crippen LogP contribution in [0.3, 0.4) is 0 Å². The molecule has 0 amide bonds. The fraction of sp³-hybridized carbons (Fsp3) is 0.571. The van der Waals surface area contributed by atoms with Gasteiger partial charge < -0.3 is 10.2 Å². The van der Waals surface area contributed by atoms with Gasteiger partial charge in [0.15, 0.2) is 0 Å². The van der Waals surface area contributed by atoms with Gasteiger partial charge in [-0.05, 0) is 62.5 Å². The number of hydrogen-bond donors (Lipinski definition) is 1. The number of hydrogen-bond acceptors (Lipinski definition) is 2. The minimum Gasteiger partial charge on any atom is -0.374 e. The Bertz CT molecular complexity index is 329. The van der Waals surface area contributed by atoms with Crippen molar-refractivity contribution in [2.75, 3.05) is 31.6 Å². The van der Waals surface area contributed by atoms with Gasteiger partial charge in [-0.25, -0.2) is 4.39 Å². The van der Waals surface area contributed by atoms with Gasteiger partial charge in [-0.1, -0.05) is 0 Å². The summed E-state index contributed by atoms with van der Waals surface area (Å²) in [6.45, 7) is 3.34. The third-order valence-corrected chi connectivity index (χ3v) is 3.49. The molecule has 1 heterocycles. The molecule has 0 radical (unpaired) electrons. The van der Waals surface area contributed by atoms with Gasteiger partial charge in [0.05, 0.1) is 0 Å². The summed E-state index contributed by atoms with van der Waals surface area (Å²) in [5.74, 6) is 0.584. The van der Waals surface area contributed by atoms with Crippen LogP contribution in [0.1, 0.15) is 19.3 Å². The molecule has 2 nitrogen and oxygen atoms in total. The van der Waals surface area contributed by atoms with Gasteiger partial charge in [-0.2, -0.15) is 0 Å². The molecule has 1 aliphatic heterocycles. The quantitative estimate of drug-likeness (QED) is 0.868. The van der Waals surface area contributed by atoms with Crippen LogP contribution in [-0.2, 0) is 0 Å². The number of nitrogens with zero attached hydrogens (tertiary/aromatic N) is 1. The second-order valence-corrected chi connectivity index (χ2v) is 4.90. The molecule has 17 heavy (non-hydrogen) atoms. The Morgan fingerprint density at radius 1 is 1.24 bits per heavy atom. The Labute approximate surface area is 103 Å². The number of nitrogens with one attached hydrogen (secondary N) is 1. The summed E-state index contributed by atoms with van der Waals surface area (Å²) >= 11 is 0. The van der Waals surface area contributed by atoms with Gasteiger partial charge in [0, 0.05) is 19.3 Å². The lowest BCUT2D eigenvalue weighted by Gasteiger charge is -2.24. The number of rotatable bonds is 3. The maximum atomic E-state index is 12.8. The minimum absolute atomic E-state index is 0.166. The Morgan fingerprint density at radius 2 is 2.00 bits per heavy atom. The first kappa shape index (κ1) is 12.4. The summed E-state index contributed by atoms with van der Waals surface area (Å²) in [5.41, 5.74) is 1.10. The van der Waals surface area contributed by atoms with Crippen molar-refractivity contribution in [1.82, 2.24) is 5.32 Å². The van der Waals surface area contributed by atoms with Gasteiger partial charge >= 0.3 is 0 Å². The van der Waals surface area contributed by atoms with Crippen molar-refractivity contribution >= 4 is 5.69 Å². The fourth-order valence-electron chi connectivity index (χ4n) is 2.46. The van der Waals surface area contributed by atoms with Crippen LogP contribution < -0.4 is 10.2 Å². The van der Waals surface area contributed by atoms with Gasteiger partial charge in [0.25, 0.3) is 0 Å². The van der Waals surface area contributed by atoms with Crippen LogP contribution in [0, 0.1) is 11.7 Å². The van der Waals surface area contributed by atoms with E-state index in [2.05, 4.69) is 17.3 Å². The predicted octanol–water partition coefficient (Wildman–Crippen LogP) is 2.65. The average Bonchev–Trinajstić information content (AvgIpc) is 2.58. The SMILES string of the molecule is CN(CC1CCCNCC1)c1ccc(F)cc1. The van der Waals surface area contributed by atoms with Crippen molar-refractivity contribution in [1.29, 1.82) is 0 Å². The van der Waals surface area contributed by atoms with Crippen molar-refractivity contribution in [3.05, 3.63) is 30.1 Å².